The lowest BCUT2D eigenvalue weighted by Gasteiger charge is -2.17. The van der Waals surface area contributed by atoms with Crippen LogP contribution in [0.3, 0.4) is 0 Å². The SMILES string of the molecule is CCC1CCC(O)(C(N)=O)C1. The van der Waals surface area contributed by atoms with Crippen LogP contribution in [0.25, 0.3) is 0 Å². The number of aliphatic hydroxyl groups is 1. The topological polar surface area (TPSA) is 63.3 Å². The molecule has 3 N–H and O–H groups in total. The number of primary amides is 1. The van der Waals surface area contributed by atoms with Gasteiger partial charge in [-0.2, -0.15) is 0 Å². The lowest BCUT2D eigenvalue weighted by Crippen LogP contribution is -2.41. The third kappa shape index (κ3) is 1.53. The summed E-state index contributed by atoms with van der Waals surface area (Å²) < 4.78 is 0. The lowest BCUT2D eigenvalue weighted by molar-refractivity contribution is -0.135. The quantitative estimate of drug-likeness (QED) is 0.610. The molecule has 11 heavy (non-hydrogen) atoms. The van der Waals surface area contributed by atoms with Gasteiger partial charge in [-0.25, -0.2) is 0 Å². The van der Waals surface area contributed by atoms with Crippen LogP contribution in [0.15, 0.2) is 0 Å². The van der Waals surface area contributed by atoms with E-state index in [-0.39, 0.29) is 0 Å². The summed E-state index contributed by atoms with van der Waals surface area (Å²) in [6, 6.07) is 0. The molecule has 2 atom stereocenters. The predicted octanol–water partition coefficient (Wildman–Crippen LogP) is 0.413. The van der Waals surface area contributed by atoms with E-state index < -0.39 is 11.5 Å². The molecule has 3 heteroatoms. The van der Waals surface area contributed by atoms with E-state index in [4.69, 9.17) is 5.73 Å². The first kappa shape index (κ1) is 8.53. The number of carbonyl (C=O) groups excluding carboxylic acids is 1. The van der Waals surface area contributed by atoms with E-state index in [0.29, 0.717) is 18.8 Å². The van der Waals surface area contributed by atoms with Crippen LogP contribution in [-0.2, 0) is 4.79 Å². The number of nitrogens with two attached hydrogens (primary N) is 1. The van der Waals surface area contributed by atoms with Crippen LogP contribution in [-0.4, -0.2) is 16.6 Å². The van der Waals surface area contributed by atoms with Crippen molar-refractivity contribution in [2.24, 2.45) is 11.7 Å². The summed E-state index contributed by atoms with van der Waals surface area (Å²) in [6.45, 7) is 2.07. The smallest absolute Gasteiger partial charge is 0.249 e. The summed E-state index contributed by atoms with van der Waals surface area (Å²) in [5, 5.41) is 9.60. The Bertz CT molecular complexity index is 169. The maximum Gasteiger partial charge on any atom is 0.249 e. The van der Waals surface area contributed by atoms with Crippen molar-refractivity contribution < 1.29 is 9.90 Å². The van der Waals surface area contributed by atoms with Crippen molar-refractivity contribution >= 4 is 5.91 Å². The van der Waals surface area contributed by atoms with E-state index in [1.165, 1.54) is 0 Å². The van der Waals surface area contributed by atoms with Crippen molar-refractivity contribution in [3.8, 4) is 0 Å². The summed E-state index contributed by atoms with van der Waals surface area (Å²) >= 11 is 0. The van der Waals surface area contributed by atoms with Crippen molar-refractivity contribution in [3.05, 3.63) is 0 Å². The fourth-order valence-electron chi connectivity index (χ4n) is 1.70. The van der Waals surface area contributed by atoms with E-state index >= 15 is 0 Å². The Balaban J connectivity index is 2.57. The molecule has 0 spiro atoms. The van der Waals surface area contributed by atoms with Crippen LogP contribution in [0.2, 0.25) is 0 Å². The van der Waals surface area contributed by atoms with Crippen LogP contribution in [0, 0.1) is 5.92 Å². The zero-order chi connectivity index (χ0) is 8.48. The largest absolute Gasteiger partial charge is 0.380 e. The third-order valence-electron chi connectivity index (χ3n) is 2.63. The summed E-state index contributed by atoms with van der Waals surface area (Å²) in [7, 11) is 0. The molecular formula is C8H15NO2. The van der Waals surface area contributed by atoms with E-state index in [9.17, 15) is 9.90 Å². The van der Waals surface area contributed by atoms with Crippen molar-refractivity contribution in [1.82, 2.24) is 0 Å². The minimum absolute atomic E-state index is 0.479. The molecule has 0 radical (unpaired) electrons. The average molecular weight is 157 g/mol. The van der Waals surface area contributed by atoms with Gasteiger partial charge in [-0.3, -0.25) is 4.79 Å². The Morgan fingerprint density at radius 3 is 2.73 bits per heavy atom. The Kier molecular flexibility index (Phi) is 2.18. The Morgan fingerprint density at radius 2 is 2.45 bits per heavy atom. The fourth-order valence-corrected chi connectivity index (χ4v) is 1.70. The number of hydrogen-bond acceptors (Lipinski definition) is 2. The van der Waals surface area contributed by atoms with Gasteiger partial charge in [0, 0.05) is 0 Å². The maximum atomic E-state index is 10.8. The molecule has 0 heterocycles. The van der Waals surface area contributed by atoms with Crippen LogP contribution < -0.4 is 5.73 Å². The molecule has 1 fully saturated rings. The number of rotatable bonds is 2. The first-order valence-electron chi connectivity index (χ1n) is 4.11. The second-order valence-corrected chi connectivity index (χ2v) is 3.41. The van der Waals surface area contributed by atoms with Gasteiger partial charge in [0.25, 0.3) is 0 Å². The van der Waals surface area contributed by atoms with E-state index in [2.05, 4.69) is 6.92 Å². The number of hydrogen-bond donors (Lipinski definition) is 2. The molecule has 3 nitrogen and oxygen atoms in total. The summed E-state index contributed by atoms with van der Waals surface area (Å²) in [5.74, 6) is -0.0825. The molecule has 0 aliphatic heterocycles. The first-order valence-corrected chi connectivity index (χ1v) is 4.11. The van der Waals surface area contributed by atoms with Crippen molar-refractivity contribution in [1.29, 1.82) is 0 Å². The summed E-state index contributed by atoms with van der Waals surface area (Å²) in [6.07, 6.45) is 3.05. The van der Waals surface area contributed by atoms with E-state index in [1.54, 1.807) is 0 Å². The highest BCUT2D eigenvalue weighted by Gasteiger charge is 2.41. The molecule has 1 aliphatic carbocycles. The zero-order valence-electron chi connectivity index (χ0n) is 6.84. The van der Waals surface area contributed by atoms with Crippen LogP contribution in [0.5, 0.6) is 0 Å². The molecule has 1 saturated carbocycles. The summed E-state index contributed by atoms with van der Waals surface area (Å²) in [4.78, 5) is 10.8. The van der Waals surface area contributed by atoms with Crippen LogP contribution >= 0.6 is 0 Å². The van der Waals surface area contributed by atoms with Gasteiger partial charge in [0.2, 0.25) is 5.91 Å². The third-order valence-corrected chi connectivity index (χ3v) is 2.63. The Hall–Kier alpha value is -0.570. The van der Waals surface area contributed by atoms with Crippen molar-refractivity contribution in [3.63, 3.8) is 0 Å². The molecule has 2 unspecified atom stereocenters. The molecule has 0 aromatic carbocycles. The van der Waals surface area contributed by atoms with Gasteiger partial charge in [-0.1, -0.05) is 13.3 Å². The van der Waals surface area contributed by atoms with Gasteiger partial charge in [0.05, 0.1) is 0 Å². The van der Waals surface area contributed by atoms with Gasteiger partial charge in [-0.05, 0) is 25.2 Å². The number of amides is 1. The second kappa shape index (κ2) is 2.81. The highest BCUT2D eigenvalue weighted by molar-refractivity contribution is 5.83. The molecular weight excluding hydrogens is 142 g/mol. The standard InChI is InChI=1S/C8H15NO2/c1-2-6-3-4-8(11,5-6)7(9)10/h6,11H,2-5H2,1H3,(H2,9,10). The van der Waals surface area contributed by atoms with Crippen molar-refractivity contribution in [2.45, 2.75) is 38.2 Å². The minimum atomic E-state index is -1.19. The molecule has 0 bridgehead atoms. The molecule has 1 aliphatic rings. The maximum absolute atomic E-state index is 10.8. The van der Waals surface area contributed by atoms with Gasteiger partial charge in [-0.15, -0.1) is 0 Å². The van der Waals surface area contributed by atoms with E-state index in [0.717, 1.165) is 12.8 Å². The van der Waals surface area contributed by atoms with Gasteiger partial charge < -0.3 is 10.8 Å². The fraction of sp³-hybridized carbons (Fsp3) is 0.875. The van der Waals surface area contributed by atoms with Crippen molar-refractivity contribution in [2.75, 3.05) is 0 Å². The molecule has 1 amide bonds. The highest BCUT2D eigenvalue weighted by atomic mass is 16.3. The van der Waals surface area contributed by atoms with Gasteiger partial charge >= 0.3 is 0 Å². The molecule has 1 rings (SSSR count). The molecule has 0 aromatic rings. The molecule has 64 valence electrons. The van der Waals surface area contributed by atoms with E-state index in [1.807, 2.05) is 0 Å². The lowest BCUT2D eigenvalue weighted by atomic mass is 9.98. The number of carbonyl (C=O) groups is 1. The van der Waals surface area contributed by atoms with Crippen LogP contribution in [0.1, 0.15) is 32.6 Å². The Labute approximate surface area is 66.6 Å². The highest BCUT2D eigenvalue weighted by Crippen LogP contribution is 2.35. The normalized spacial score (nSPS) is 37.5. The summed E-state index contributed by atoms with van der Waals surface area (Å²) in [5.41, 5.74) is 3.87. The molecule has 0 aromatic heterocycles. The van der Waals surface area contributed by atoms with Gasteiger partial charge in [0.15, 0.2) is 0 Å². The molecule has 0 saturated heterocycles. The first-order chi connectivity index (χ1) is 5.08. The second-order valence-electron chi connectivity index (χ2n) is 3.41. The zero-order valence-corrected chi connectivity index (χ0v) is 6.84. The van der Waals surface area contributed by atoms with Crippen LogP contribution in [0.4, 0.5) is 0 Å². The minimum Gasteiger partial charge on any atom is -0.380 e. The van der Waals surface area contributed by atoms with Gasteiger partial charge in [0.1, 0.15) is 5.60 Å². The Morgan fingerprint density at radius 1 is 1.82 bits per heavy atom. The monoisotopic (exact) mass is 157 g/mol. The predicted molar refractivity (Wildman–Crippen MR) is 41.8 cm³/mol. The average Bonchev–Trinajstić information content (AvgIpc) is 2.33.